The molecule has 1 aromatic carbocycles. The summed E-state index contributed by atoms with van der Waals surface area (Å²) in [4.78, 5) is 6.92. The maximum Gasteiger partial charge on any atom is 0.417 e. The average molecular weight is 438 g/mol. The van der Waals surface area contributed by atoms with Gasteiger partial charge in [0.1, 0.15) is 0 Å². The fraction of sp³-hybridized carbons (Fsp3) is 0.360. The molecule has 0 saturated carbocycles. The van der Waals surface area contributed by atoms with E-state index in [0.717, 1.165) is 59.7 Å². The lowest BCUT2D eigenvalue weighted by Gasteiger charge is -2.31. The van der Waals surface area contributed by atoms with Gasteiger partial charge in [0.2, 0.25) is 0 Å². The number of likely N-dealkylation sites (tertiary alicyclic amines) is 1. The van der Waals surface area contributed by atoms with Crippen LogP contribution < -0.4 is 0 Å². The molecule has 1 fully saturated rings. The Hall–Kier alpha value is -2.93. The molecule has 4 aromatic rings. The number of fused-ring (bicyclic) bond motifs is 2. The molecule has 0 amide bonds. The molecule has 4 heterocycles. The molecule has 32 heavy (non-hydrogen) atoms. The summed E-state index contributed by atoms with van der Waals surface area (Å²) in [5, 5.41) is 6.36. The summed E-state index contributed by atoms with van der Waals surface area (Å²) >= 11 is 0. The van der Waals surface area contributed by atoms with Crippen molar-refractivity contribution in [2.45, 2.75) is 38.9 Å². The number of pyridine rings is 2. The van der Waals surface area contributed by atoms with E-state index in [9.17, 15) is 13.2 Å². The molecule has 4 nitrogen and oxygen atoms in total. The van der Waals surface area contributed by atoms with Gasteiger partial charge in [0.05, 0.1) is 17.3 Å². The smallest absolute Gasteiger partial charge is 0.299 e. The van der Waals surface area contributed by atoms with Crippen LogP contribution in [0.25, 0.3) is 27.4 Å². The number of hydrogen-bond donors (Lipinski definition) is 0. The van der Waals surface area contributed by atoms with Crippen LogP contribution in [0.4, 0.5) is 13.2 Å². The molecule has 0 bridgehead atoms. The van der Waals surface area contributed by atoms with Crippen molar-refractivity contribution < 1.29 is 13.2 Å². The highest BCUT2D eigenvalue weighted by molar-refractivity contribution is 5.91. The third-order valence-corrected chi connectivity index (χ3v) is 6.68. The van der Waals surface area contributed by atoms with Crippen molar-refractivity contribution in [3.8, 4) is 11.1 Å². The number of rotatable bonds is 4. The topological polar surface area (TPSA) is 33.4 Å². The Morgan fingerprint density at radius 2 is 1.84 bits per heavy atom. The second kappa shape index (κ2) is 8.20. The number of nitrogens with zero attached hydrogens (tertiary/aromatic N) is 4. The Balaban J connectivity index is 1.49. The molecule has 5 rings (SSSR count). The monoisotopic (exact) mass is 438 g/mol. The van der Waals surface area contributed by atoms with Crippen LogP contribution in [0.1, 0.15) is 37.3 Å². The zero-order valence-corrected chi connectivity index (χ0v) is 17.9. The van der Waals surface area contributed by atoms with Gasteiger partial charge in [-0.1, -0.05) is 25.5 Å². The maximum absolute atomic E-state index is 13.0. The van der Waals surface area contributed by atoms with Crippen LogP contribution in [0.2, 0.25) is 0 Å². The van der Waals surface area contributed by atoms with Gasteiger partial charge in [-0.05, 0) is 66.6 Å². The van der Waals surface area contributed by atoms with Gasteiger partial charge in [0, 0.05) is 36.1 Å². The van der Waals surface area contributed by atoms with Gasteiger partial charge in [-0.3, -0.25) is 9.88 Å². The van der Waals surface area contributed by atoms with Crippen LogP contribution >= 0.6 is 0 Å². The number of aromatic nitrogens is 3. The van der Waals surface area contributed by atoms with E-state index in [0.29, 0.717) is 5.52 Å². The zero-order valence-electron chi connectivity index (χ0n) is 17.9. The fourth-order valence-corrected chi connectivity index (χ4v) is 4.69. The maximum atomic E-state index is 13.0. The molecular weight excluding hydrogens is 413 g/mol. The summed E-state index contributed by atoms with van der Waals surface area (Å²) in [5.74, 6) is 0.831. The predicted molar refractivity (Wildman–Crippen MR) is 119 cm³/mol. The molecule has 0 radical (unpaired) electrons. The average Bonchev–Trinajstić information content (AvgIpc) is 3.22. The van der Waals surface area contributed by atoms with Crippen LogP contribution in [0.15, 0.2) is 55.1 Å². The van der Waals surface area contributed by atoms with Crippen molar-refractivity contribution >= 4 is 16.3 Å². The van der Waals surface area contributed by atoms with E-state index in [1.165, 1.54) is 35.4 Å². The van der Waals surface area contributed by atoms with Crippen LogP contribution in [0.3, 0.4) is 0 Å². The fourth-order valence-electron chi connectivity index (χ4n) is 4.69. The van der Waals surface area contributed by atoms with Crippen molar-refractivity contribution in [1.82, 2.24) is 19.5 Å². The summed E-state index contributed by atoms with van der Waals surface area (Å²) in [7, 11) is 0. The van der Waals surface area contributed by atoms with Gasteiger partial charge < -0.3 is 0 Å². The van der Waals surface area contributed by atoms with Crippen molar-refractivity contribution in [2.24, 2.45) is 5.92 Å². The molecule has 7 heteroatoms. The van der Waals surface area contributed by atoms with Gasteiger partial charge in [-0.2, -0.15) is 18.3 Å². The second-order valence-corrected chi connectivity index (χ2v) is 8.67. The standard InChI is InChI=1S/C25H25F3N4/c1-2-17-7-9-31(10-8-17)15-20-13-29-12-19-4-3-18(11-22(19)20)23-14-30-32-16-21(25(26,27)28)5-6-24(23)32/h3-6,11-14,16-17H,2,7-10,15H2,1H3. The first-order chi connectivity index (χ1) is 15.4. The van der Waals surface area contributed by atoms with Crippen molar-refractivity contribution in [3.05, 3.63) is 66.2 Å². The normalized spacial score (nSPS) is 16.2. The summed E-state index contributed by atoms with van der Waals surface area (Å²) in [5.41, 5.74) is 2.86. The molecule has 1 aliphatic rings. The summed E-state index contributed by atoms with van der Waals surface area (Å²) < 4.78 is 40.4. The van der Waals surface area contributed by atoms with Crippen LogP contribution in [0.5, 0.6) is 0 Å². The Bertz CT molecular complexity index is 1250. The third-order valence-electron chi connectivity index (χ3n) is 6.68. The Morgan fingerprint density at radius 1 is 1.03 bits per heavy atom. The molecule has 0 N–H and O–H groups in total. The minimum atomic E-state index is -4.39. The van der Waals surface area contributed by atoms with E-state index < -0.39 is 11.7 Å². The van der Waals surface area contributed by atoms with E-state index in [2.05, 4.69) is 28.0 Å². The van der Waals surface area contributed by atoms with Gasteiger partial charge in [0.25, 0.3) is 0 Å². The summed E-state index contributed by atoms with van der Waals surface area (Å²) in [6.07, 6.45) is 5.79. The third kappa shape index (κ3) is 3.97. The number of piperidine rings is 1. The first kappa shape index (κ1) is 20.9. The lowest BCUT2D eigenvalue weighted by molar-refractivity contribution is -0.137. The first-order valence-electron chi connectivity index (χ1n) is 11.1. The first-order valence-corrected chi connectivity index (χ1v) is 11.1. The molecule has 166 valence electrons. The molecule has 0 unspecified atom stereocenters. The van der Waals surface area contributed by atoms with E-state index in [1.807, 2.05) is 24.5 Å². The quantitative estimate of drug-likeness (QED) is 0.381. The van der Waals surface area contributed by atoms with E-state index >= 15 is 0 Å². The number of halogens is 3. The molecular formula is C25H25F3N4. The lowest BCUT2D eigenvalue weighted by Crippen LogP contribution is -2.33. The largest absolute Gasteiger partial charge is 0.417 e. The zero-order chi connectivity index (χ0) is 22.3. The molecule has 1 aliphatic heterocycles. The molecule has 1 saturated heterocycles. The minimum Gasteiger partial charge on any atom is -0.299 e. The predicted octanol–water partition coefficient (Wildman–Crippen LogP) is 6.19. The second-order valence-electron chi connectivity index (χ2n) is 8.67. The number of hydrogen-bond acceptors (Lipinski definition) is 3. The van der Waals surface area contributed by atoms with Crippen molar-refractivity contribution in [3.63, 3.8) is 0 Å². The highest BCUT2D eigenvalue weighted by atomic mass is 19.4. The minimum absolute atomic E-state index is 0.648. The van der Waals surface area contributed by atoms with Gasteiger partial charge in [0.15, 0.2) is 0 Å². The van der Waals surface area contributed by atoms with Gasteiger partial charge >= 0.3 is 6.18 Å². The Labute approximate surface area is 184 Å². The number of alkyl halides is 3. The van der Waals surface area contributed by atoms with E-state index in [1.54, 1.807) is 6.20 Å². The van der Waals surface area contributed by atoms with E-state index in [4.69, 9.17) is 0 Å². The summed E-state index contributed by atoms with van der Waals surface area (Å²) in [6, 6.07) is 8.71. The lowest BCUT2D eigenvalue weighted by atomic mass is 9.94. The van der Waals surface area contributed by atoms with E-state index in [-0.39, 0.29) is 0 Å². The Kier molecular flexibility index (Phi) is 5.37. The van der Waals surface area contributed by atoms with Crippen molar-refractivity contribution in [1.29, 1.82) is 0 Å². The summed E-state index contributed by atoms with van der Waals surface area (Å²) in [6.45, 7) is 5.32. The highest BCUT2D eigenvalue weighted by Crippen LogP contribution is 2.33. The van der Waals surface area contributed by atoms with Crippen LogP contribution in [-0.4, -0.2) is 32.6 Å². The van der Waals surface area contributed by atoms with Crippen LogP contribution in [0, 0.1) is 5.92 Å². The number of benzene rings is 1. The van der Waals surface area contributed by atoms with Crippen molar-refractivity contribution in [2.75, 3.05) is 13.1 Å². The van der Waals surface area contributed by atoms with Crippen LogP contribution in [-0.2, 0) is 12.7 Å². The van der Waals surface area contributed by atoms with Gasteiger partial charge in [-0.15, -0.1) is 0 Å². The highest BCUT2D eigenvalue weighted by Gasteiger charge is 2.31. The SMILES string of the molecule is CCC1CCN(Cc2cncc3ccc(-c4cnn5cc(C(F)(F)F)ccc45)cc23)CC1. The molecule has 3 aromatic heterocycles. The van der Waals surface area contributed by atoms with Gasteiger partial charge in [-0.25, -0.2) is 4.52 Å². The molecule has 0 atom stereocenters. The Morgan fingerprint density at radius 3 is 2.59 bits per heavy atom. The molecule has 0 spiro atoms. The molecule has 0 aliphatic carbocycles.